The Labute approximate surface area is 78.4 Å². The van der Waals surface area contributed by atoms with Crippen LogP contribution in [0.4, 0.5) is 4.39 Å². The highest BCUT2D eigenvalue weighted by molar-refractivity contribution is 9.10. The smallest absolute Gasteiger partial charge is 0.146 e. The van der Waals surface area contributed by atoms with Gasteiger partial charge in [0.1, 0.15) is 5.82 Å². The van der Waals surface area contributed by atoms with Crippen molar-refractivity contribution < 1.29 is 4.39 Å². The van der Waals surface area contributed by atoms with Gasteiger partial charge in [-0.05, 0) is 40.5 Å². The van der Waals surface area contributed by atoms with E-state index in [0.29, 0.717) is 10.0 Å². The number of rotatable bonds is 1. The molecule has 0 bridgehead atoms. The van der Waals surface area contributed by atoms with Crippen molar-refractivity contribution in [3.8, 4) is 0 Å². The van der Waals surface area contributed by atoms with Crippen molar-refractivity contribution in [1.82, 2.24) is 0 Å². The van der Waals surface area contributed by atoms with Gasteiger partial charge >= 0.3 is 0 Å². The Kier molecular flexibility index (Phi) is 2.81. The fourth-order valence-electron chi connectivity index (χ4n) is 0.926. The van der Waals surface area contributed by atoms with E-state index in [1.807, 2.05) is 6.92 Å². The molecule has 0 heterocycles. The monoisotopic (exact) mass is 230 g/mol. The quantitative estimate of drug-likeness (QED) is 0.449. The lowest BCUT2D eigenvalue weighted by atomic mass is 10.1. The van der Waals surface area contributed by atoms with Crippen molar-refractivity contribution in [2.45, 2.75) is 6.92 Å². The molecule has 0 aliphatic rings. The average molecular weight is 231 g/mol. The summed E-state index contributed by atoms with van der Waals surface area (Å²) in [6.45, 7) is 1.87. The highest BCUT2D eigenvalue weighted by Crippen LogP contribution is 2.19. The van der Waals surface area contributed by atoms with Gasteiger partial charge in [-0.25, -0.2) is 4.39 Å². The minimum Gasteiger partial charge on any atom is -0.323 e. The average Bonchev–Trinajstić information content (AvgIpc) is 2.00. The molecule has 1 aromatic rings. The number of nitrogens with zero attached hydrogens (tertiary/aromatic N) is 1. The van der Waals surface area contributed by atoms with Crippen molar-refractivity contribution in [3.05, 3.63) is 33.5 Å². The van der Waals surface area contributed by atoms with Crippen LogP contribution in [0.1, 0.15) is 11.1 Å². The molecule has 0 radical (unpaired) electrons. The van der Waals surface area contributed by atoms with E-state index in [9.17, 15) is 4.39 Å². The van der Waals surface area contributed by atoms with Crippen molar-refractivity contribution in [1.29, 1.82) is 0 Å². The van der Waals surface area contributed by atoms with Crippen LogP contribution in [0, 0.1) is 12.7 Å². The molecule has 1 aromatic carbocycles. The second kappa shape index (κ2) is 3.67. The number of nitrogens with two attached hydrogens (primary N) is 1. The molecule has 64 valence electrons. The topological polar surface area (TPSA) is 38.4 Å². The molecule has 0 saturated carbocycles. The predicted octanol–water partition coefficient (Wildman–Crippen LogP) is 2.19. The van der Waals surface area contributed by atoms with Gasteiger partial charge in [-0.3, -0.25) is 0 Å². The van der Waals surface area contributed by atoms with Crippen molar-refractivity contribution in [3.63, 3.8) is 0 Å². The molecule has 0 fully saturated rings. The van der Waals surface area contributed by atoms with E-state index in [-0.39, 0.29) is 5.82 Å². The third-order valence-electron chi connectivity index (χ3n) is 1.41. The van der Waals surface area contributed by atoms with Gasteiger partial charge in [0, 0.05) is 5.56 Å². The molecule has 0 aromatic heterocycles. The minimum absolute atomic E-state index is 0.338. The Balaban J connectivity index is 3.27. The summed E-state index contributed by atoms with van der Waals surface area (Å²) < 4.78 is 13.6. The number of halogens is 2. The maximum Gasteiger partial charge on any atom is 0.146 e. The molecule has 0 aliphatic heterocycles. The van der Waals surface area contributed by atoms with Crippen LogP contribution in [0.3, 0.4) is 0 Å². The number of hydrogen-bond acceptors (Lipinski definition) is 2. The van der Waals surface area contributed by atoms with Crippen LogP contribution in [0.2, 0.25) is 0 Å². The first-order valence-electron chi connectivity index (χ1n) is 3.34. The van der Waals surface area contributed by atoms with Crippen molar-refractivity contribution in [2.75, 3.05) is 0 Å². The van der Waals surface area contributed by atoms with Gasteiger partial charge in [-0.1, -0.05) is 0 Å². The lowest BCUT2D eigenvalue weighted by Crippen LogP contribution is -1.93. The highest BCUT2D eigenvalue weighted by atomic mass is 79.9. The van der Waals surface area contributed by atoms with Crippen LogP contribution in [0.25, 0.3) is 0 Å². The molecule has 12 heavy (non-hydrogen) atoms. The molecule has 0 amide bonds. The van der Waals surface area contributed by atoms with E-state index in [0.717, 1.165) is 5.56 Å². The van der Waals surface area contributed by atoms with Crippen LogP contribution >= 0.6 is 15.9 Å². The van der Waals surface area contributed by atoms with Crippen LogP contribution in [0.15, 0.2) is 21.7 Å². The van der Waals surface area contributed by atoms with Gasteiger partial charge in [0.2, 0.25) is 0 Å². The maximum absolute atomic E-state index is 13.2. The maximum atomic E-state index is 13.2. The fourth-order valence-corrected chi connectivity index (χ4v) is 1.52. The SMILES string of the molecule is Cc1cc(Br)c(F)c(C=NN)c1. The number of aryl methyl sites for hydroxylation is 1. The Morgan fingerprint density at radius 3 is 2.83 bits per heavy atom. The first-order chi connectivity index (χ1) is 5.65. The number of benzene rings is 1. The zero-order chi connectivity index (χ0) is 9.14. The van der Waals surface area contributed by atoms with Gasteiger partial charge in [0.15, 0.2) is 0 Å². The van der Waals surface area contributed by atoms with Gasteiger partial charge in [-0.2, -0.15) is 5.10 Å². The van der Waals surface area contributed by atoms with E-state index in [2.05, 4.69) is 21.0 Å². The molecule has 0 spiro atoms. The fraction of sp³-hybridized carbons (Fsp3) is 0.125. The zero-order valence-electron chi connectivity index (χ0n) is 6.51. The summed E-state index contributed by atoms with van der Waals surface area (Å²) in [6, 6.07) is 3.37. The van der Waals surface area contributed by atoms with Crippen LogP contribution < -0.4 is 5.84 Å². The largest absolute Gasteiger partial charge is 0.323 e. The lowest BCUT2D eigenvalue weighted by Gasteiger charge is -2.00. The van der Waals surface area contributed by atoms with E-state index in [4.69, 9.17) is 5.84 Å². The van der Waals surface area contributed by atoms with Crippen molar-refractivity contribution in [2.24, 2.45) is 10.9 Å². The summed E-state index contributed by atoms with van der Waals surface area (Å²) in [5.41, 5.74) is 1.35. The molecule has 1 rings (SSSR count). The Morgan fingerprint density at radius 2 is 2.25 bits per heavy atom. The Hall–Kier alpha value is -0.900. The van der Waals surface area contributed by atoms with Crippen LogP contribution in [0.5, 0.6) is 0 Å². The van der Waals surface area contributed by atoms with Crippen molar-refractivity contribution >= 4 is 22.1 Å². The van der Waals surface area contributed by atoms with Crippen LogP contribution in [-0.4, -0.2) is 6.21 Å². The summed E-state index contributed by atoms with van der Waals surface area (Å²) in [7, 11) is 0. The molecule has 0 unspecified atom stereocenters. The van der Waals surface area contributed by atoms with Gasteiger partial charge in [-0.15, -0.1) is 0 Å². The summed E-state index contributed by atoms with van der Waals surface area (Å²) >= 11 is 3.09. The van der Waals surface area contributed by atoms with E-state index < -0.39 is 0 Å². The normalized spacial score (nSPS) is 10.9. The van der Waals surface area contributed by atoms with E-state index in [1.54, 1.807) is 12.1 Å². The molecule has 2 N–H and O–H groups in total. The molecule has 0 saturated heterocycles. The molecule has 0 atom stereocenters. The van der Waals surface area contributed by atoms with Gasteiger partial charge in [0.05, 0.1) is 10.7 Å². The Morgan fingerprint density at radius 1 is 1.58 bits per heavy atom. The van der Waals surface area contributed by atoms with E-state index in [1.165, 1.54) is 6.21 Å². The van der Waals surface area contributed by atoms with Crippen LogP contribution in [-0.2, 0) is 0 Å². The molecular weight excluding hydrogens is 223 g/mol. The first kappa shape index (κ1) is 9.19. The molecule has 4 heteroatoms. The third-order valence-corrected chi connectivity index (χ3v) is 1.99. The Bertz CT molecular complexity index is 323. The van der Waals surface area contributed by atoms with E-state index >= 15 is 0 Å². The second-order valence-corrected chi connectivity index (χ2v) is 3.28. The first-order valence-corrected chi connectivity index (χ1v) is 4.13. The summed E-state index contributed by atoms with van der Waals surface area (Å²) in [5, 5.41) is 3.26. The summed E-state index contributed by atoms with van der Waals surface area (Å²) in [5.74, 6) is 4.58. The summed E-state index contributed by atoms with van der Waals surface area (Å²) in [6.07, 6.45) is 1.28. The molecule has 2 nitrogen and oxygen atoms in total. The second-order valence-electron chi connectivity index (χ2n) is 2.43. The number of hydrazone groups is 1. The zero-order valence-corrected chi connectivity index (χ0v) is 8.10. The molecular formula is C8H8BrFN2. The third kappa shape index (κ3) is 1.82. The highest BCUT2D eigenvalue weighted by Gasteiger charge is 2.04. The summed E-state index contributed by atoms with van der Waals surface area (Å²) in [4.78, 5) is 0. The van der Waals surface area contributed by atoms with Gasteiger partial charge < -0.3 is 5.84 Å². The lowest BCUT2D eigenvalue weighted by molar-refractivity contribution is 0.618. The number of hydrogen-bond donors (Lipinski definition) is 1. The van der Waals surface area contributed by atoms with Gasteiger partial charge in [0.25, 0.3) is 0 Å². The minimum atomic E-state index is -0.338. The predicted molar refractivity (Wildman–Crippen MR) is 50.6 cm³/mol. The standard InChI is InChI=1S/C8H8BrFN2/c1-5-2-6(4-12-11)8(10)7(9)3-5/h2-4H,11H2,1H3. The molecule has 0 aliphatic carbocycles.